The van der Waals surface area contributed by atoms with Gasteiger partial charge in [-0.15, -0.1) is 0 Å². The van der Waals surface area contributed by atoms with Crippen LogP contribution in [0.25, 0.3) is 0 Å². The Bertz CT molecular complexity index is 1480. The van der Waals surface area contributed by atoms with E-state index in [0.29, 0.717) is 0 Å². The Balaban J connectivity index is 2.70. The molecule has 1 rings (SSSR count). The number of carbonyl (C=O) groups is 3. The maximum atomic E-state index is 13.5. The van der Waals surface area contributed by atoms with Crippen molar-refractivity contribution in [3.63, 3.8) is 0 Å². The molecule has 0 atom stereocenters. The van der Waals surface area contributed by atoms with Gasteiger partial charge in [0.1, 0.15) is 19.8 Å². The lowest BCUT2D eigenvalue weighted by atomic mass is 10.1. The van der Waals surface area contributed by atoms with E-state index in [2.05, 4.69) is 20.8 Å². The van der Waals surface area contributed by atoms with Gasteiger partial charge in [0, 0.05) is 18.2 Å². The molecule has 0 aliphatic rings. The summed E-state index contributed by atoms with van der Waals surface area (Å²) in [4.78, 5) is 78.0. The van der Waals surface area contributed by atoms with Crippen molar-refractivity contribution in [2.45, 2.75) is 272 Å². The molecule has 0 saturated carbocycles. The van der Waals surface area contributed by atoms with Gasteiger partial charge in [-0.05, 0) is 38.5 Å². The number of unbranched alkanes of at least 4 members (excludes halogenated alkanes) is 33. The minimum atomic E-state index is -0.922. The summed E-state index contributed by atoms with van der Waals surface area (Å²) in [6.45, 7) is 4.94. The average Bonchev–Trinajstić information content (AvgIpc) is 3.34. The van der Waals surface area contributed by atoms with Crippen LogP contribution in [-0.4, -0.2) is 51.4 Å². The molecule has 0 aliphatic carbocycles. The number of ether oxygens (including phenoxy) is 3. The third-order valence-corrected chi connectivity index (χ3v) is 12.7. The Labute approximate surface area is 418 Å². The van der Waals surface area contributed by atoms with Crippen molar-refractivity contribution >= 4 is 17.9 Å². The van der Waals surface area contributed by atoms with Gasteiger partial charge in [-0.1, -0.05) is 232 Å². The SMILES string of the molecule is CCCCCCCCCCCCC/C=C/C(=O)OCCn1c(=O)n(CCOC(=O)/C=C/CCCCCCCCCCCCC)c(=O)n(CCOC(=O)/C=C/CCCCCCCCCCCCC)c1=O. The number of esters is 3. The fourth-order valence-electron chi connectivity index (χ4n) is 8.43. The lowest BCUT2D eigenvalue weighted by Gasteiger charge is -2.14. The topological polar surface area (TPSA) is 145 Å². The van der Waals surface area contributed by atoms with Crippen LogP contribution >= 0.6 is 0 Å². The number of nitrogens with zero attached hydrogens (tertiary/aromatic N) is 3. The van der Waals surface area contributed by atoms with Crippen LogP contribution in [0, 0.1) is 0 Å². The molecule has 0 N–H and O–H groups in total. The molecule has 0 amide bonds. The molecule has 69 heavy (non-hydrogen) atoms. The second-order valence-electron chi connectivity index (χ2n) is 19.0. The van der Waals surface area contributed by atoms with E-state index >= 15 is 0 Å². The van der Waals surface area contributed by atoms with Gasteiger partial charge in [0.2, 0.25) is 0 Å². The molecule has 1 heterocycles. The predicted octanol–water partition coefficient (Wildman–Crippen LogP) is 13.6. The summed E-state index contributed by atoms with van der Waals surface area (Å²) in [5.41, 5.74) is -2.76. The summed E-state index contributed by atoms with van der Waals surface area (Å²) in [6, 6.07) is 0. The largest absolute Gasteiger partial charge is 0.461 e. The summed E-state index contributed by atoms with van der Waals surface area (Å²) in [5.74, 6) is -1.77. The third kappa shape index (κ3) is 35.7. The molecule has 12 nitrogen and oxygen atoms in total. The summed E-state index contributed by atoms with van der Waals surface area (Å²) >= 11 is 0. The lowest BCUT2D eigenvalue weighted by molar-refractivity contribution is -0.138. The highest BCUT2D eigenvalue weighted by atomic mass is 16.5. The van der Waals surface area contributed by atoms with E-state index in [4.69, 9.17) is 14.2 Å². The minimum absolute atomic E-state index is 0.285. The van der Waals surface area contributed by atoms with Crippen LogP contribution in [0.5, 0.6) is 0 Å². The molecule has 0 saturated heterocycles. The molecule has 12 heteroatoms. The summed E-state index contributed by atoms with van der Waals surface area (Å²) in [5, 5.41) is 0. The standard InChI is InChI=1S/C57H99N3O9/c1-4-7-10-13-16-19-22-25-28-31-34-37-40-43-52(61)67-49-46-58-55(64)59(47-50-68-53(62)44-41-38-35-32-29-26-23-20-17-14-11-8-5-2)57(66)60(56(58)65)48-51-69-54(63)45-42-39-36-33-30-27-24-21-18-15-12-9-6-3/h40-45H,4-39,46-51H2,1-3H3/b43-40+,44-41+,45-42+. The first-order chi connectivity index (χ1) is 33.8. The monoisotopic (exact) mass is 970 g/mol. The van der Waals surface area contributed by atoms with Gasteiger partial charge in [-0.25, -0.2) is 42.5 Å². The van der Waals surface area contributed by atoms with Crippen LogP contribution in [0.15, 0.2) is 50.8 Å². The molecule has 0 radical (unpaired) electrons. The van der Waals surface area contributed by atoms with Gasteiger partial charge in [-0.2, -0.15) is 0 Å². The molecule has 0 aromatic carbocycles. The van der Waals surface area contributed by atoms with E-state index in [1.54, 1.807) is 18.2 Å². The van der Waals surface area contributed by atoms with E-state index in [1.807, 2.05) is 0 Å². The van der Waals surface area contributed by atoms with Crippen LogP contribution in [0.4, 0.5) is 0 Å². The highest BCUT2D eigenvalue weighted by Gasteiger charge is 2.17. The molecular formula is C57H99N3O9. The predicted molar refractivity (Wildman–Crippen MR) is 283 cm³/mol. The zero-order chi connectivity index (χ0) is 50.3. The van der Waals surface area contributed by atoms with Crippen LogP contribution in [0.3, 0.4) is 0 Å². The van der Waals surface area contributed by atoms with Crippen LogP contribution < -0.4 is 17.1 Å². The van der Waals surface area contributed by atoms with E-state index in [0.717, 1.165) is 71.5 Å². The number of rotatable bonds is 48. The number of hydrogen-bond donors (Lipinski definition) is 0. The number of aromatic nitrogens is 3. The molecule has 0 unspecified atom stereocenters. The zero-order valence-corrected chi connectivity index (χ0v) is 44.2. The molecule has 396 valence electrons. The highest BCUT2D eigenvalue weighted by Crippen LogP contribution is 2.15. The van der Waals surface area contributed by atoms with Gasteiger partial charge < -0.3 is 14.2 Å². The fraction of sp³-hybridized carbons (Fsp3) is 0.789. The average molecular weight is 970 g/mol. The van der Waals surface area contributed by atoms with Gasteiger partial charge in [0.05, 0.1) is 19.6 Å². The molecule has 0 spiro atoms. The van der Waals surface area contributed by atoms with Crippen LogP contribution in [0.2, 0.25) is 0 Å². The summed E-state index contributed by atoms with van der Waals surface area (Å²) in [7, 11) is 0. The van der Waals surface area contributed by atoms with Crippen molar-refractivity contribution in [1.29, 1.82) is 0 Å². The Kier molecular flexibility index (Phi) is 42.4. The molecule has 0 fully saturated rings. The van der Waals surface area contributed by atoms with E-state index in [-0.39, 0.29) is 39.5 Å². The quantitative estimate of drug-likeness (QED) is 0.0270. The van der Waals surface area contributed by atoms with Gasteiger partial charge >= 0.3 is 35.0 Å². The normalized spacial score (nSPS) is 11.7. The van der Waals surface area contributed by atoms with Crippen molar-refractivity contribution in [3.05, 3.63) is 67.9 Å². The van der Waals surface area contributed by atoms with Crippen molar-refractivity contribution < 1.29 is 28.6 Å². The third-order valence-electron chi connectivity index (χ3n) is 12.7. The molecule has 1 aromatic rings. The van der Waals surface area contributed by atoms with Crippen molar-refractivity contribution in [3.8, 4) is 0 Å². The highest BCUT2D eigenvalue weighted by molar-refractivity contribution is 5.82. The fourth-order valence-corrected chi connectivity index (χ4v) is 8.43. The van der Waals surface area contributed by atoms with Crippen LogP contribution in [0.1, 0.15) is 252 Å². The maximum Gasteiger partial charge on any atom is 0.336 e. The van der Waals surface area contributed by atoms with E-state index in [1.165, 1.54) is 192 Å². The van der Waals surface area contributed by atoms with Crippen molar-refractivity contribution in [2.75, 3.05) is 19.8 Å². The summed E-state index contributed by atoms with van der Waals surface area (Å²) < 4.78 is 18.4. The first kappa shape index (κ1) is 63.1. The lowest BCUT2D eigenvalue weighted by Crippen LogP contribution is -2.55. The number of hydrogen-bond acceptors (Lipinski definition) is 9. The smallest absolute Gasteiger partial charge is 0.336 e. The molecule has 1 aromatic heterocycles. The molecule has 0 aliphatic heterocycles. The van der Waals surface area contributed by atoms with E-state index in [9.17, 15) is 28.8 Å². The Morgan fingerprint density at radius 3 is 0.710 bits per heavy atom. The first-order valence-electron chi connectivity index (χ1n) is 28.2. The minimum Gasteiger partial charge on any atom is -0.461 e. The van der Waals surface area contributed by atoms with Gasteiger partial charge in [0.15, 0.2) is 0 Å². The number of allylic oxidation sites excluding steroid dienone is 3. The Hall–Kier alpha value is -3.96. The zero-order valence-electron chi connectivity index (χ0n) is 44.2. The second kappa shape index (κ2) is 46.4. The van der Waals surface area contributed by atoms with Crippen LogP contribution in [-0.2, 0) is 48.2 Å². The Morgan fingerprint density at radius 2 is 0.507 bits per heavy atom. The maximum absolute atomic E-state index is 13.5. The van der Waals surface area contributed by atoms with E-state index < -0.39 is 35.0 Å². The Morgan fingerprint density at radius 1 is 0.319 bits per heavy atom. The summed E-state index contributed by atoms with van der Waals surface area (Å²) in [6.07, 6.45) is 52.7. The van der Waals surface area contributed by atoms with Crippen molar-refractivity contribution in [2.24, 2.45) is 0 Å². The molecular weight excluding hydrogens is 871 g/mol. The van der Waals surface area contributed by atoms with Gasteiger partial charge in [-0.3, -0.25) is 0 Å². The molecule has 0 bridgehead atoms. The number of carbonyl (C=O) groups excluding carboxylic acids is 3. The second-order valence-corrected chi connectivity index (χ2v) is 19.0. The van der Waals surface area contributed by atoms with Gasteiger partial charge in [0.25, 0.3) is 0 Å². The van der Waals surface area contributed by atoms with Crippen molar-refractivity contribution in [1.82, 2.24) is 13.7 Å². The first-order valence-corrected chi connectivity index (χ1v) is 28.2.